The van der Waals surface area contributed by atoms with Gasteiger partial charge in [-0.25, -0.2) is 4.39 Å². The second-order valence-corrected chi connectivity index (χ2v) is 4.87. The van der Waals surface area contributed by atoms with Crippen LogP contribution in [0.1, 0.15) is 25.3 Å². The minimum atomic E-state index is -0.298. The molecule has 0 spiro atoms. The molecular weight excluding hydrogens is 267 g/mol. The van der Waals surface area contributed by atoms with Crippen LogP contribution in [0.4, 0.5) is 4.39 Å². The van der Waals surface area contributed by atoms with Crippen molar-refractivity contribution in [2.24, 2.45) is 0 Å². The zero-order valence-corrected chi connectivity index (χ0v) is 11.8. The van der Waals surface area contributed by atoms with E-state index in [2.05, 4.69) is 17.6 Å². The van der Waals surface area contributed by atoms with Crippen molar-refractivity contribution < 1.29 is 9.18 Å². The Kier molecular flexibility index (Phi) is 6.25. The Hall–Kier alpha value is -1.13. The van der Waals surface area contributed by atoms with E-state index in [-0.39, 0.29) is 36.6 Å². The highest BCUT2D eigenvalue weighted by atomic mass is 35.5. The van der Waals surface area contributed by atoms with Crippen LogP contribution in [0.5, 0.6) is 0 Å². The van der Waals surface area contributed by atoms with E-state index in [0.29, 0.717) is 11.6 Å². The number of piperidine rings is 1. The second kappa shape index (κ2) is 7.46. The summed E-state index contributed by atoms with van der Waals surface area (Å²) in [6.07, 6.45) is 2.32. The van der Waals surface area contributed by atoms with Gasteiger partial charge in [0.2, 0.25) is 5.91 Å². The molecule has 1 aliphatic rings. The van der Waals surface area contributed by atoms with E-state index in [1.807, 2.05) is 0 Å². The normalized spacial score (nSPS) is 22.4. The fourth-order valence-electron chi connectivity index (χ4n) is 2.33. The molecule has 2 atom stereocenters. The highest BCUT2D eigenvalue weighted by Gasteiger charge is 2.22. The molecule has 1 amide bonds. The van der Waals surface area contributed by atoms with Crippen LogP contribution >= 0.6 is 12.4 Å². The first-order valence-electron chi connectivity index (χ1n) is 6.42. The molecule has 106 valence electrons. The summed E-state index contributed by atoms with van der Waals surface area (Å²) in [6.45, 7) is 3.09. The topological polar surface area (TPSA) is 41.1 Å². The zero-order chi connectivity index (χ0) is 13.0. The molecule has 2 rings (SSSR count). The molecule has 1 fully saturated rings. The van der Waals surface area contributed by atoms with Gasteiger partial charge < -0.3 is 10.6 Å². The standard InChI is InChI=1S/C14H19FN2O.ClH/c1-10-13(6-3-7-16-10)17-14(18)9-11-4-2-5-12(15)8-11;/h2,4-5,8,10,13,16H,3,6-7,9H2,1H3,(H,17,18);1H. The van der Waals surface area contributed by atoms with E-state index in [1.54, 1.807) is 12.1 Å². The molecule has 1 aromatic carbocycles. The second-order valence-electron chi connectivity index (χ2n) is 4.87. The van der Waals surface area contributed by atoms with Crippen molar-refractivity contribution in [3.8, 4) is 0 Å². The van der Waals surface area contributed by atoms with Crippen molar-refractivity contribution in [3.63, 3.8) is 0 Å². The Morgan fingerprint density at radius 3 is 3.00 bits per heavy atom. The predicted molar refractivity (Wildman–Crippen MR) is 76.0 cm³/mol. The lowest BCUT2D eigenvalue weighted by atomic mass is 9.99. The Morgan fingerprint density at radius 1 is 1.53 bits per heavy atom. The molecule has 2 unspecified atom stereocenters. The predicted octanol–water partition coefficient (Wildman–Crippen LogP) is 2.05. The van der Waals surface area contributed by atoms with E-state index >= 15 is 0 Å². The SMILES string of the molecule is CC1NCCCC1NC(=O)Cc1cccc(F)c1.Cl. The van der Waals surface area contributed by atoms with Gasteiger partial charge in [0, 0.05) is 12.1 Å². The summed E-state index contributed by atoms with van der Waals surface area (Å²) in [5.41, 5.74) is 0.712. The maximum Gasteiger partial charge on any atom is 0.224 e. The van der Waals surface area contributed by atoms with Gasteiger partial charge in [-0.2, -0.15) is 0 Å². The monoisotopic (exact) mass is 286 g/mol. The van der Waals surface area contributed by atoms with Gasteiger partial charge >= 0.3 is 0 Å². The molecular formula is C14H20ClFN2O. The molecule has 3 nitrogen and oxygen atoms in total. The summed E-state index contributed by atoms with van der Waals surface area (Å²) in [4.78, 5) is 11.9. The summed E-state index contributed by atoms with van der Waals surface area (Å²) >= 11 is 0. The third-order valence-electron chi connectivity index (χ3n) is 3.36. The van der Waals surface area contributed by atoms with Crippen LogP contribution < -0.4 is 10.6 Å². The van der Waals surface area contributed by atoms with Crippen LogP contribution in [0, 0.1) is 5.82 Å². The Morgan fingerprint density at radius 2 is 2.32 bits per heavy atom. The number of hydrogen-bond donors (Lipinski definition) is 2. The highest BCUT2D eigenvalue weighted by molar-refractivity contribution is 5.85. The third-order valence-corrected chi connectivity index (χ3v) is 3.36. The van der Waals surface area contributed by atoms with E-state index in [0.717, 1.165) is 19.4 Å². The van der Waals surface area contributed by atoms with Crippen molar-refractivity contribution >= 4 is 18.3 Å². The summed E-state index contributed by atoms with van der Waals surface area (Å²) in [6, 6.07) is 6.67. The molecule has 0 saturated carbocycles. The molecule has 1 aliphatic heterocycles. The number of halogens is 2. The fraction of sp³-hybridized carbons (Fsp3) is 0.500. The smallest absolute Gasteiger partial charge is 0.224 e. The van der Waals surface area contributed by atoms with E-state index in [4.69, 9.17) is 0 Å². The van der Waals surface area contributed by atoms with Crippen molar-refractivity contribution in [2.45, 2.75) is 38.3 Å². The van der Waals surface area contributed by atoms with Crippen LogP contribution in [-0.4, -0.2) is 24.5 Å². The zero-order valence-electron chi connectivity index (χ0n) is 11.0. The summed E-state index contributed by atoms with van der Waals surface area (Å²) in [5.74, 6) is -0.339. The number of rotatable bonds is 3. The first-order chi connectivity index (χ1) is 8.65. The fourth-order valence-corrected chi connectivity index (χ4v) is 2.33. The van der Waals surface area contributed by atoms with E-state index in [9.17, 15) is 9.18 Å². The molecule has 5 heteroatoms. The Bertz CT molecular complexity index is 428. The average Bonchev–Trinajstić information content (AvgIpc) is 2.32. The number of nitrogens with one attached hydrogen (secondary N) is 2. The minimum Gasteiger partial charge on any atom is -0.352 e. The molecule has 1 heterocycles. The summed E-state index contributed by atoms with van der Waals surface area (Å²) in [5, 5.41) is 6.35. The molecule has 0 radical (unpaired) electrons. The minimum absolute atomic E-state index is 0. The maximum absolute atomic E-state index is 13.0. The van der Waals surface area contributed by atoms with Crippen LogP contribution in [0.3, 0.4) is 0 Å². The van der Waals surface area contributed by atoms with Crippen LogP contribution in [0.2, 0.25) is 0 Å². The maximum atomic E-state index is 13.0. The lowest BCUT2D eigenvalue weighted by molar-refractivity contribution is -0.121. The molecule has 2 N–H and O–H groups in total. The Labute approximate surface area is 119 Å². The van der Waals surface area contributed by atoms with Crippen molar-refractivity contribution in [2.75, 3.05) is 6.54 Å². The lowest BCUT2D eigenvalue weighted by Crippen LogP contribution is -2.52. The number of hydrogen-bond acceptors (Lipinski definition) is 2. The summed E-state index contributed by atoms with van der Waals surface area (Å²) in [7, 11) is 0. The number of carbonyl (C=O) groups is 1. The van der Waals surface area contributed by atoms with Crippen molar-refractivity contribution in [1.82, 2.24) is 10.6 Å². The first-order valence-corrected chi connectivity index (χ1v) is 6.42. The van der Waals surface area contributed by atoms with Gasteiger partial charge in [-0.15, -0.1) is 12.4 Å². The Balaban J connectivity index is 0.00000180. The average molecular weight is 287 g/mol. The third kappa shape index (κ3) is 4.80. The number of benzene rings is 1. The molecule has 0 aromatic heterocycles. The number of amides is 1. The van der Waals surface area contributed by atoms with Gasteiger partial charge in [0.05, 0.1) is 6.42 Å². The van der Waals surface area contributed by atoms with Gasteiger partial charge in [0.1, 0.15) is 5.82 Å². The number of carbonyl (C=O) groups excluding carboxylic acids is 1. The van der Waals surface area contributed by atoms with Crippen molar-refractivity contribution in [3.05, 3.63) is 35.6 Å². The lowest BCUT2D eigenvalue weighted by Gasteiger charge is -2.30. The van der Waals surface area contributed by atoms with Crippen LogP contribution in [-0.2, 0) is 11.2 Å². The van der Waals surface area contributed by atoms with E-state index < -0.39 is 0 Å². The molecule has 1 saturated heterocycles. The van der Waals surface area contributed by atoms with Gasteiger partial charge in [0.15, 0.2) is 0 Å². The summed E-state index contributed by atoms with van der Waals surface area (Å²) < 4.78 is 13.0. The first kappa shape index (κ1) is 15.9. The molecule has 1 aromatic rings. The van der Waals surface area contributed by atoms with Crippen molar-refractivity contribution in [1.29, 1.82) is 0 Å². The quantitative estimate of drug-likeness (QED) is 0.893. The highest BCUT2D eigenvalue weighted by Crippen LogP contribution is 2.09. The molecule has 19 heavy (non-hydrogen) atoms. The van der Waals surface area contributed by atoms with Crippen LogP contribution in [0.15, 0.2) is 24.3 Å². The van der Waals surface area contributed by atoms with Gasteiger partial charge in [0.25, 0.3) is 0 Å². The molecule has 0 bridgehead atoms. The van der Waals surface area contributed by atoms with Gasteiger partial charge in [-0.1, -0.05) is 12.1 Å². The largest absolute Gasteiger partial charge is 0.352 e. The van der Waals surface area contributed by atoms with Gasteiger partial charge in [-0.3, -0.25) is 4.79 Å². The molecule has 0 aliphatic carbocycles. The van der Waals surface area contributed by atoms with Crippen LogP contribution in [0.25, 0.3) is 0 Å². The van der Waals surface area contributed by atoms with E-state index in [1.165, 1.54) is 12.1 Å². The van der Waals surface area contributed by atoms with Gasteiger partial charge in [-0.05, 0) is 44.0 Å².